The average Bonchev–Trinajstić information content (AvgIpc) is 2.52. The van der Waals surface area contributed by atoms with Crippen LogP contribution in [0.2, 0.25) is 5.15 Å². The Bertz CT molecular complexity index is 768. The molecule has 0 bridgehead atoms. The summed E-state index contributed by atoms with van der Waals surface area (Å²) in [6, 6.07) is 12.5. The Morgan fingerprint density at radius 1 is 1.05 bits per heavy atom. The van der Waals surface area contributed by atoms with Gasteiger partial charge in [-0.25, -0.2) is 19.3 Å². The highest BCUT2D eigenvalue weighted by Crippen LogP contribution is 2.25. The number of aromatic nitrogens is 3. The molecule has 3 rings (SSSR count). The lowest BCUT2D eigenvalue weighted by molar-refractivity contribution is 0.621. The van der Waals surface area contributed by atoms with Crippen LogP contribution in [0.25, 0.3) is 11.5 Å². The van der Waals surface area contributed by atoms with Crippen molar-refractivity contribution in [2.45, 2.75) is 6.42 Å². The van der Waals surface area contributed by atoms with Gasteiger partial charge in [0.25, 0.3) is 0 Å². The predicted molar refractivity (Wildman–Crippen MR) is 83.9 cm³/mol. The van der Waals surface area contributed by atoms with Gasteiger partial charge in [0.2, 0.25) is 0 Å². The standard InChI is InChI=1S/C16H12ClFN4/c17-14-12(8-10-4-2-1-3-5-10)15(19)22-16(21-14)13-7-6-11(18)9-20-13/h1-7,9H,8H2,(H2,19,21,22). The summed E-state index contributed by atoms with van der Waals surface area (Å²) in [5.41, 5.74) is 8.15. The fourth-order valence-corrected chi connectivity index (χ4v) is 2.30. The molecule has 2 aromatic heterocycles. The van der Waals surface area contributed by atoms with Gasteiger partial charge >= 0.3 is 0 Å². The number of benzene rings is 1. The molecule has 0 saturated carbocycles. The molecule has 0 aliphatic heterocycles. The van der Waals surface area contributed by atoms with Crippen LogP contribution < -0.4 is 5.73 Å². The van der Waals surface area contributed by atoms with Crippen molar-refractivity contribution in [1.29, 1.82) is 0 Å². The molecule has 2 heterocycles. The minimum atomic E-state index is -0.427. The molecule has 22 heavy (non-hydrogen) atoms. The largest absolute Gasteiger partial charge is 0.383 e. The third-order valence-electron chi connectivity index (χ3n) is 3.17. The number of nitrogens with zero attached hydrogens (tertiary/aromatic N) is 3. The highest BCUT2D eigenvalue weighted by molar-refractivity contribution is 6.30. The average molecular weight is 315 g/mol. The van der Waals surface area contributed by atoms with Crippen LogP contribution in [0.4, 0.5) is 10.2 Å². The maximum atomic E-state index is 12.9. The third-order valence-corrected chi connectivity index (χ3v) is 3.48. The van der Waals surface area contributed by atoms with Gasteiger partial charge in [0.05, 0.1) is 6.20 Å². The van der Waals surface area contributed by atoms with Gasteiger partial charge in [0.1, 0.15) is 22.5 Å². The molecule has 1 aromatic carbocycles. The minimum absolute atomic E-state index is 0.275. The highest BCUT2D eigenvalue weighted by Gasteiger charge is 2.13. The molecular formula is C16H12ClFN4. The topological polar surface area (TPSA) is 64.7 Å². The summed E-state index contributed by atoms with van der Waals surface area (Å²) in [7, 11) is 0. The van der Waals surface area contributed by atoms with Crippen LogP contribution in [0.5, 0.6) is 0 Å². The zero-order chi connectivity index (χ0) is 15.5. The van der Waals surface area contributed by atoms with Crippen LogP contribution in [-0.2, 0) is 6.42 Å². The number of pyridine rings is 1. The summed E-state index contributed by atoms with van der Waals surface area (Å²) >= 11 is 6.23. The summed E-state index contributed by atoms with van der Waals surface area (Å²) in [6.07, 6.45) is 1.64. The van der Waals surface area contributed by atoms with Crippen molar-refractivity contribution in [2.75, 3.05) is 5.73 Å². The maximum absolute atomic E-state index is 12.9. The second-order valence-electron chi connectivity index (χ2n) is 4.73. The molecule has 0 radical (unpaired) electrons. The Kier molecular flexibility index (Phi) is 3.98. The van der Waals surface area contributed by atoms with Gasteiger partial charge in [0, 0.05) is 12.0 Å². The number of nitrogen functional groups attached to an aromatic ring is 1. The van der Waals surface area contributed by atoms with Crippen molar-refractivity contribution < 1.29 is 4.39 Å². The monoisotopic (exact) mass is 314 g/mol. The van der Waals surface area contributed by atoms with Crippen LogP contribution in [0.1, 0.15) is 11.1 Å². The van der Waals surface area contributed by atoms with Crippen molar-refractivity contribution >= 4 is 17.4 Å². The Morgan fingerprint density at radius 2 is 1.82 bits per heavy atom. The zero-order valence-corrected chi connectivity index (χ0v) is 12.3. The summed E-state index contributed by atoms with van der Waals surface area (Å²) < 4.78 is 12.9. The van der Waals surface area contributed by atoms with Gasteiger partial charge in [-0.05, 0) is 17.7 Å². The van der Waals surface area contributed by atoms with Gasteiger partial charge < -0.3 is 5.73 Å². The van der Waals surface area contributed by atoms with E-state index in [9.17, 15) is 4.39 Å². The van der Waals surface area contributed by atoms with Crippen LogP contribution in [-0.4, -0.2) is 15.0 Å². The molecule has 110 valence electrons. The first-order valence-corrected chi connectivity index (χ1v) is 6.99. The van der Waals surface area contributed by atoms with E-state index in [1.54, 1.807) is 0 Å². The van der Waals surface area contributed by atoms with Gasteiger partial charge in [0.15, 0.2) is 5.82 Å². The van der Waals surface area contributed by atoms with Crippen LogP contribution >= 0.6 is 11.6 Å². The Labute approximate surface area is 131 Å². The molecule has 4 nitrogen and oxygen atoms in total. The predicted octanol–water partition coefficient (Wildman–Crippen LogP) is 3.50. The summed E-state index contributed by atoms with van der Waals surface area (Å²) in [5, 5.41) is 0.275. The number of anilines is 1. The lowest BCUT2D eigenvalue weighted by Crippen LogP contribution is -2.04. The molecule has 0 fully saturated rings. The molecule has 0 amide bonds. The normalized spacial score (nSPS) is 10.6. The van der Waals surface area contributed by atoms with Gasteiger partial charge in [-0.2, -0.15) is 0 Å². The fraction of sp³-hybridized carbons (Fsp3) is 0.0625. The second-order valence-corrected chi connectivity index (χ2v) is 5.08. The summed E-state index contributed by atoms with van der Waals surface area (Å²) in [6.45, 7) is 0. The Hall–Kier alpha value is -2.53. The smallest absolute Gasteiger partial charge is 0.181 e. The van der Waals surface area contributed by atoms with Crippen molar-refractivity contribution in [2.24, 2.45) is 0 Å². The van der Waals surface area contributed by atoms with Crippen molar-refractivity contribution in [3.63, 3.8) is 0 Å². The van der Waals surface area contributed by atoms with Gasteiger partial charge in [-0.15, -0.1) is 0 Å². The van der Waals surface area contributed by atoms with E-state index in [4.69, 9.17) is 17.3 Å². The zero-order valence-electron chi connectivity index (χ0n) is 11.5. The molecule has 3 aromatic rings. The fourth-order valence-electron chi connectivity index (χ4n) is 2.06. The van der Waals surface area contributed by atoms with Crippen LogP contribution in [0.3, 0.4) is 0 Å². The number of halogens is 2. The summed E-state index contributed by atoms with van der Waals surface area (Å²) in [5.74, 6) is 0.146. The number of hydrogen-bond acceptors (Lipinski definition) is 4. The first kappa shape index (κ1) is 14.4. The molecule has 0 spiro atoms. The molecule has 6 heteroatoms. The van der Waals surface area contributed by atoms with Crippen molar-refractivity contribution in [3.8, 4) is 11.5 Å². The molecule has 0 saturated heterocycles. The van der Waals surface area contributed by atoms with E-state index in [1.165, 1.54) is 12.1 Å². The quantitative estimate of drug-likeness (QED) is 0.751. The lowest BCUT2D eigenvalue weighted by atomic mass is 10.1. The summed E-state index contributed by atoms with van der Waals surface area (Å²) in [4.78, 5) is 12.4. The van der Waals surface area contributed by atoms with Crippen molar-refractivity contribution in [3.05, 3.63) is 70.8 Å². The molecule has 2 N–H and O–H groups in total. The van der Waals surface area contributed by atoms with Crippen LogP contribution in [0, 0.1) is 5.82 Å². The van der Waals surface area contributed by atoms with Crippen LogP contribution in [0.15, 0.2) is 48.7 Å². The van der Waals surface area contributed by atoms with Gasteiger partial charge in [-0.1, -0.05) is 41.9 Å². The first-order valence-electron chi connectivity index (χ1n) is 6.61. The first-order chi connectivity index (χ1) is 10.6. The SMILES string of the molecule is Nc1nc(-c2ccc(F)cn2)nc(Cl)c1Cc1ccccc1. The van der Waals surface area contributed by atoms with E-state index in [-0.39, 0.29) is 11.0 Å². The van der Waals surface area contributed by atoms with Crippen molar-refractivity contribution in [1.82, 2.24) is 15.0 Å². The van der Waals surface area contributed by atoms with E-state index in [1.807, 2.05) is 30.3 Å². The minimum Gasteiger partial charge on any atom is -0.383 e. The molecule has 0 atom stereocenters. The maximum Gasteiger partial charge on any atom is 0.181 e. The number of rotatable bonds is 3. The molecule has 0 unspecified atom stereocenters. The van der Waals surface area contributed by atoms with E-state index in [0.29, 0.717) is 23.5 Å². The third kappa shape index (κ3) is 3.04. The second kappa shape index (κ2) is 6.07. The molecule has 0 aliphatic carbocycles. The Morgan fingerprint density at radius 3 is 2.45 bits per heavy atom. The number of hydrogen-bond donors (Lipinski definition) is 1. The highest BCUT2D eigenvalue weighted by atomic mass is 35.5. The number of nitrogens with two attached hydrogens (primary N) is 1. The van der Waals surface area contributed by atoms with E-state index >= 15 is 0 Å². The lowest BCUT2D eigenvalue weighted by Gasteiger charge is -2.09. The Balaban J connectivity index is 1.96. The molecule has 0 aliphatic rings. The van der Waals surface area contributed by atoms with E-state index in [2.05, 4.69) is 15.0 Å². The van der Waals surface area contributed by atoms with Gasteiger partial charge in [-0.3, -0.25) is 0 Å². The van der Waals surface area contributed by atoms with E-state index in [0.717, 1.165) is 11.8 Å². The molecular weight excluding hydrogens is 303 g/mol. The van der Waals surface area contributed by atoms with E-state index < -0.39 is 5.82 Å².